The minimum Gasteiger partial charge on any atom is -0.481 e. The normalized spacial score (nSPS) is 11.3. The van der Waals surface area contributed by atoms with E-state index in [1.165, 1.54) is 18.5 Å². The number of aromatic amines is 1. The van der Waals surface area contributed by atoms with Gasteiger partial charge in [-0.15, -0.1) is 5.21 Å². The Hall–Kier alpha value is -1.48. The number of amides is 1. The second-order valence-corrected chi connectivity index (χ2v) is 10.8. The Morgan fingerprint density at radius 1 is 1.22 bits per heavy atom. The molecule has 0 aliphatic carbocycles. The quantitative estimate of drug-likeness (QED) is 0.192. The Balaban J connectivity index is 0. The third kappa shape index (κ3) is 12.5. The summed E-state index contributed by atoms with van der Waals surface area (Å²) in [6.07, 6.45) is 4.85. The van der Waals surface area contributed by atoms with Crippen molar-refractivity contribution in [2.45, 2.75) is 39.8 Å². The molecule has 1 rings (SSSR count). The Morgan fingerprint density at radius 3 is 2.11 bits per heavy atom. The van der Waals surface area contributed by atoms with Crippen molar-refractivity contribution in [2.24, 2.45) is 0 Å². The van der Waals surface area contributed by atoms with Crippen molar-refractivity contribution < 1.29 is 51.7 Å². The molecule has 4 N–H and O–H groups in total. The van der Waals surface area contributed by atoms with Crippen LogP contribution in [-0.2, 0) is 43.3 Å². The first-order valence-electron chi connectivity index (χ1n) is 8.16. The van der Waals surface area contributed by atoms with Gasteiger partial charge in [0.15, 0.2) is 0 Å². The van der Waals surface area contributed by atoms with Gasteiger partial charge in [-0.2, -0.15) is 0 Å². The Kier molecular flexibility index (Phi) is 15.0. The minimum atomic E-state index is -1.56. The van der Waals surface area contributed by atoms with Crippen LogP contribution in [0.5, 0.6) is 0 Å². The number of aliphatic carboxylic acids is 2. The number of hydrogen-bond acceptors (Lipinski definition) is 6. The van der Waals surface area contributed by atoms with E-state index in [1.54, 1.807) is 0 Å². The maximum Gasteiger partial charge on any atom is 1.00 e. The largest absolute Gasteiger partial charge is 1.00 e. The van der Waals surface area contributed by atoms with E-state index in [4.69, 9.17) is 10.2 Å². The summed E-state index contributed by atoms with van der Waals surface area (Å²) in [6, 6.07) is -1.56. The standard InChI is InChI=1S/C8H9N4O6.C7H18P.Au/c13-6(14)1-5(7(15)16)10-8(17)18-3-4-2-9-12-11-4;1-5-8(4,6-2)7-3;/h5H,1,3H2,(H,10,17)(H,13,14)(H,15,16)(H,9,11,12);5-7H2,1-4H3;/q-1;2*+1. The van der Waals surface area contributed by atoms with Crippen LogP contribution in [0.25, 0.3) is 0 Å². The number of nitrogens with one attached hydrogen (secondary N) is 2. The molecule has 158 valence electrons. The Morgan fingerprint density at radius 2 is 1.78 bits per heavy atom. The molecule has 12 heteroatoms. The molecule has 1 unspecified atom stereocenters. The van der Waals surface area contributed by atoms with E-state index >= 15 is 0 Å². The van der Waals surface area contributed by atoms with Gasteiger partial charge >= 0.3 is 40.4 Å². The first kappa shape index (κ1) is 27.7. The number of H-pyrrole nitrogens is 1. The summed E-state index contributed by atoms with van der Waals surface area (Å²) >= 11 is 0. The fraction of sp³-hybridized carbons (Fsp3) is 0.667. The summed E-state index contributed by atoms with van der Waals surface area (Å²) < 4.78 is 4.60. The van der Waals surface area contributed by atoms with Crippen LogP contribution in [0.15, 0.2) is 0 Å². The van der Waals surface area contributed by atoms with Gasteiger partial charge < -0.3 is 31.6 Å². The van der Waals surface area contributed by atoms with Gasteiger partial charge in [-0.3, -0.25) is 9.89 Å². The molecule has 0 saturated carbocycles. The number of alkyl carbamates (subject to hydrolysis) is 1. The van der Waals surface area contributed by atoms with E-state index in [0.29, 0.717) is 0 Å². The van der Waals surface area contributed by atoms with Crippen LogP contribution >= 0.6 is 7.26 Å². The van der Waals surface area contributed by atoms with Gasteiger partial charge in [-0.25, -0.2) is 9.59 Å². The first-order valence-corrected chi connectivity index (χ1v) is 11.0. The van der Waals surface area contributed by atoms with Crippen LogP contribution in [-0.4, -0.2) is 74.8 Å². The number of carbonyl (C=O) groups excluding carboxylic acids is 1. The van der Waals surface area contributed by atoms with Crippen molar-refractivity contribution in [2.75, 3.05) is 25.2 Å². The van der Waals surface area contributed by atoms with Gasteiger partial charge in [0.25, 0.3) is 0 Å². The molecule has 1 atom stereocenters. The van der Waals surface area contributed by atoms with Crippen molar-refractivity contribution in [1.29, 1.82) is 0 Å². The fourth-order valence-electron chi connectivity index (χ4n) is 1.63. The van der Waals surface area contributed by atoms with E-state index in [2.05, 4.69) is 53.8 Å². The summed E-state index contributed by atoms with van der Waals surface area (Å²) in [7, 11) is -0.412. The molecule has 1 heterocycles. The average Bonchev–Trinajstić information content (AvgIpc) is 3.12. The number of hydrogen-bond donors (Lipinski definition) is 4. The van der Waals surface area contributed by atoms with Crippen molar-refractivity contribution in [1.82, 2.24) is 20.7 Å². The summed E-state index contributed by atoms with van der Waals surface area (Å²) in [6.45, 7) is 9.19. The monoisotopic (exact) mass is 587 g/mol. The van der Waals surface area contributed by atoms with Gasteiger partial charge in [-0.1, -0.05) is 5.69 Å². The van der Waals surface area contributed by atoms with Crippen molar-refractivity contribution in [3.8, 4) is 0 Å². The summed E-state index contributed by atoms with van der Waals surface area (Å²) in [5.41, 5.74) is 0.287. The van der Waals surface area contributed by atoms with E-state index in [-0.39, 0.29) is 34.7 Å². The molecule has 27 heavy (non-hydrogen) atoms. The topological polar surface area (TPSA) is 154 Å². The third-order valence-corrected chi connectivity index (χ3v) is 8.61. The first-order chi connectivity index (χ1) is 12.2. The predicted octanol–water partition coefficient (Wildman–Crippen LogP) is 1.45. The Labute approximate surface area is 174 Å². The van der Waals surface area contributed by atoms with Crippen LogP contribution in [0, 0.1) is 6.20 Å². The number of carboxylic acid groups (broad SMARTS) is 2. The van der Waals surface area contributed by atoms with E-state index in [0.717, 1.165) is 0 Å². The molecule has 1 aromatic heterocycles. The summed E-state index contributed by atoms with van der Waals surface area (Å²) in [4.78, 5) is 32.2. The predicted molar refractivity (Wildman–Crippen MR) is 96.7 cm³/mol. The third-order valence-electron chi connectivity index (χ3n) is 4.03. The molecule has 1 aromatic rings. The second kappa shape index (κ2) is 14.6. The van der Waals surface area contributed by atoms with Gasteiger partial charge in [-0.05, 0) is 20.8 Å². The van der Waals surface area contributed by atoms with Crippen LogP contribution in [0.2, 0.25) is 0 Å². The zero-order valence-corrected chi connectivity index (χ0v) is 18.8. The molecule has 0 fully saturated rings. The van der Waals surface area contributed by atoms with E-state index < -0.39 is 37.8 Å². The molecule has 10 nitrogen and oxygen atoms in total. The molecule has 0 bridgehead atoms. The van der Waals surface area contributed by atoms with Crippen molar-refractivity contribution >= 4 is 25.3 Å². The van der Waals surface area contributed by atoms with E-state index in [1.807, 2.05) is 5.32 Å². The molecule has 0 aliphatic rings. The summed E-state index contributed by atoms with van der Waals surface area (Å²) in [5, 5.41) is 28.0. The number of aromatic nitrogens is 3. The molecule has 0 radical (unpaired) electrons. The maximum absolute atomic E-state index is 11.2. The fourth-order valence-corrected chi connectivity index (χ4v) is 2.97. The second-order valence-electron chi connectivity index (χ2n) is 5.68. The molecule has 0 spiro atoms. The van der Waals surface area contributed by atoms with E-state index in [9.17, 15) is 14.4 Å². The van der Waals surface area contributed by atoms with Gasteiger partial charge in [0, 0.05) is 13.9 Å². The number of carboxylic acids is 2. The molecule has 0 aliphatic heterocycles. The zero-order chi connectivity index (χ0) is 20.2. The van der Waals surface area contributed by atoms with Gasteiger partial charge in [0.1, 0.15) is 12.6 Å². The molecular weight excluding hydrogens is 560 g/mol. The average molecular weight is 587 g/mol. The smallest absolute Gasteiger partial charge is 0.481 e. The molecule has 1 amide bonds. The molecule has 0 saturated heterocycles. The van der Waals surface area contributed by atoms with Crippen LogP contribution < -0.4 is 5.32 Å². The van der Waals surface area contributed by atoms with Crippen LogP contribution in [0.1, 0.15) is 32.9 Å². The maximum atomic E-state index is 11.2. The van der Waals surface area contributed by atoms with Gasteiger partial charge in [0.05, 0.1) is 24.9 Å². The van der Waals surface area contributed by atoms with Crippen LogP contribution in [0.3, 0.4) is 0 Å². The SMILES string of the molecule is CC[P+](C)(CC)CC.O=C(O)CC(NC(=O)OCc1[c-]nn[nH]1)C(=O)O.[Au+]. The van der Waals surface area contributed by atoms with Crippen LogP contribution in [0.4, 0.5) is 4.79 Å². The Bertz CT molecular complexity index is 560. The summed E-state index contributed by atoms with van der Waals surface area (Å²) in [5.74, 6) is -2.82. The number of carbonyl (C=O) groups is 3. The van der Waals surface area contributed by atoms with Crippen molar-refractivity contribution in [3.63, 3.8) is 0 Å². The minimum absolute atomic E-state index is 0. The number of rotatable bonds is 9. The van der Waals surface area contributed by atoms with Gasteiger partial charge in [0.2, 0.25) is 0 Å². The number of ether oxygens (including phenoxy) is 1. The zero-order valence-electron chi connectivity index (χ0n) is 15.8. The molecule has 0 aromatic carbocycles. The number of nitrogens with zero attached hydrogens (tertiary/aromatic N) is 2. The molecular formula is C15H27AuN4O6P+. The van der Waals surface area contributed by atoms with Crippen molar-refractivity contribution in [3.05, 3.63) is 11.9 Å².